The molecule has 0 amide bonds. The molecule has 16 heavy (non-hydrogen) atoms. The lowest BCUT2D eigenvalue weighted by Crippen LogP contribution is -1.86. The molecule has 0 aliphatic heterocycles. The SMILES string of the molecule is Fc1cc(Cl)cnc1Sc1ccccc1Br. The van der Waals surface area contributed by atoms with Gasteiger partial charge in [-0.3, -0.25) is 0 Å². The second kappa shape index (κ2) is 5.17. The van der Waals surface area contributed by atoms with E-state index < -0.39 is 5.82 Å². The molecule has 0 bridgehead atoms. The van der Waals surface area contributed by atoms with Gasteiger partial charge in [0.25, 0.3) is 0 Å². The molecule has 0 N–H and O–H groups in total. The maximum Gasteiger partial charge on any atom is 0.157 e. The number of aromatic nitrogens is 1. The van der Waals surface area contributed by atoms with Crippen molar-refractivity contribution in [2.75, 3.05) is 0 Å². The third-order valence-corrected chi connectivity index (χ3v) is 4.05. The van der Waals surface area contributed by atoms with Gasteiger partial charge in [0, 0.05) is 15.6 Å². The molecule has 0 atom stereocenters. The number of hydrogen-bond donors (Lipinski definition) is 0. The highest BCUT2D eigenvalue weighted by atomic mass is 79.9. The van der Waals surface area contributed by atoms with Crippen molar-refractivity contribution >= 4 is 39.3 Å². The van der Waals surface area contributed by atoms with E-state index in [0.29, 0.717) is 10.0 Å². The average Bonchev–Trinajstić information content (AvgIpc) is 2.25. The summed E-state index contributed by atoms with van der Waals surface area (Å²) in [5, 5.41) is 0.616. The summed E-state index contributed by atoms with van der Waals surface area (Å²) < 4.78 is 14.4. The van der Waals surface area contributed by atoms with Gasteiger partial charge >= 0.3 is 0 Å². The summed E-state index contributed by atoms with van der Waals surface area (Å²) in [5.41, 5.74) is 0. The van der Waals surface area contributed by atoms with Gasteiger partial charge < -0.3 is 0 Å². The van der Waals surface area contributed by atoms with Crippen molar-refractivity contribution in [3.8, 4) is 0 Å². The molecule has 0 saturated heterocycles. The molecule has 0 aliphatic carbocycles. The van der Waals surface area contributed by atoms with E-state index in [4.69, 9.17) is 11.6 Å². The summed E-state index contributed by atoms with van der Waals surface area (Å²) in [4.78, 5) is 4.86. The Morgan fingerprint density at radius 2 is 2.06 bits per heavy atom. The van der Waals surface area contributed by atoms with E-state index in [0.717, 1.165) is 9.37 Å². The van der Waals surface area contributed by atoms with E-state index in [1.807, 2.05) is 24.3 Å². The summed E-state index contributed by atoms with van der Waals surface area (Å²) in [6, 6.07) is 8.84. The van der Waals surface area contributed by atoms with Crippen molar-refractivity contribution in [1.29, 1.82) is 0 Å². The lowest BCUT2D eigenvalue weighted by Gasteiger charge is -2.04. The van der Waals surface area contributed by atoms with Gasteiger partial charge in [-0.2, -0.15) is 0 Å². The first-order valence-electron chi connectivity index (χ1n) is 4.40. The van der Waals surface area contributed by atoms with Crippen molar-refractivity contribution in [2.45, 2.75) is 9.92 Å². The highest BCUT2D eigenvalue weighted by Gasteiger charge is 2.08. The topological polar surface area (TPSA) is 12.9 Å². The number of rotatable bonds is 2. The molecule has 82 valence electrons. The smallest absolute Gasteiger partial charge is 0.157 e. The van der Waals surface area contributed by atoms with E-state index in [9.17, 15) is 4.39 Å². The molecule has 0 unspecified atom stereocenters. The molecule has 5 heteroatoms. The van der Waals surface area contributed by atoms with Crippen LogP contribution in [0.2, 0.25) is 5.02 Å². The summed E-state index contributed by atoms with van der Waals surface area (Å²) in [7, 11) is 0. The fourth-order valence-corrected chi connectivity index (χ4v) is 2.56. The van der Waals surface area contributed by atoms with Gasteiger partial charge in [-0.25, -0.2) is 9.37 Å². The van der Waals surface area contributed by atoms with Crippen LogP contribution in [-0.2, 0) is 0 Å². The van der Waals surface area contributed by atoms with Crippen LogP contribution in [0.4, 0.5) is 4.39 Å². The molecule has 2 aromatic rings. The predicted octanol–water partition coefficient (Wildman–Crippen LogP) is 4.79. The molecule has 0 fully saturated rings. The second-order valence-electron chi connectivity index (χ2n) is 2.97. The van der Waals surface area contributed by atoms with Gasteiger partial charge in [0.15, 0.2) is 5.82 Å². The number of nitrogens with zero attached hydrogens (tertiary/aromatic N) is 1. The normalized spacial score (nSPS) is 10.4. The molecule has 0 aliphatic rings. The summed E-state index contributed by atoms with van der Waals surface area (Å²) >= 11 is 10.3. The molecule has 0 saturated carbocycles. The molecule has 2 rings (SSSR count). The lowest BCUT2D eigenvalue weighted by atomic mass is 10.4. The Bertz CT molecular complexity index is 521. The quantitative estimate of drug-likeness (QED) is 0.790. The minimum Gasteiger partial charge on any atom is -0.245 e. The van der Waals surface area contributed by atoms with Gasteiger partial charge in [-0.05, 0) is 34.1 Å². The van der Waals surface area contributed by atoms with Crippen LogP contribution >= 0.6 is 39.3 Å². The van der Waals surface area contributed by atoms with Crippen molar-refractivity contribution in [2.24, 2.45) is 0 Å². The van der Waals surface area contributed by atoms with Crippen molar-refractivity contribution in [3.63, 3.8) is 0 Å². The van der Waals surface area contributed by atoms with E-state index in [-0.39, 0.29) is 0 Å². The molecule has 1 aromatic heterocycles. The standard InChI is InChI=1S/C11H6BrClFNS/c12-8-3-1-2-4-10(8)16-11-9(14)5-7(13)6-15-11/h1-6H. The molecular formula is C11H6BrClFNS. The molecule has 1 nitrogen and oxygen atoms in total. The zero-order valence-corrected chi connectivity index (χ0v) is 11.1. The summed E-state index contributed by atoms with van der Waals surface area (Å²) in [6.45, 7) is 0. The predicted molar refractivity (Wildman–Crippen MR) is 67.5 cm³/mol. The van der Waals surface area contributed by atoms with Crippen LogP contribution in [0.3, 0.4) is 0 Å². The van der Waals surface area contributed by atoms with Crippen LogP contribution < -0.4 is 0 Å². The van der Waals surface area contributed by atoms with E-state index in [1.54, 1.807) is 0 Å². The van der Waals surface area contributed by atoms with Gasteiger partial charge in [0.2, 0.25) is 0 Å². The van der Waals surface area contributed by atoms with Crippen LogP contribution in [0.25, 0.3) is 0 Å². The Morgan fingerprint density at radius 1 is 1.31 bits per heavy atom. The van der Waals surface area contributed by atoms with E-state index >= 15 is 0 Å². The Balaban J connectivity index is 2.31. The van der Waals surface area contributed by atoms with Gasteiger partial charge in [0.05, 0.1) is 5.02 Å². The zero-order valence-electron chi connectivity index (χ0n) is 7.95. The number of halogens is 3. The van der Waals surface area contributed by atoms with E-state index in [1.165, 1.54) is 24.0 Å². The second-order valence-corrected chi connectivity index (χ2v) is 5.29. The first kappa shape index (κ1) is 11.9. The monoisotopic (exact) mass is 317 g/mol. The first-order valence-corrected chi connectivity index (χ1v) is 6.39. The summed E-state index contributed by atoms with van der Waals surface area (Å²) in [5.74, 6) is -0.409. The van der Waals surface area contributed by atoms with Crippen LogP contribution in [0.1, 0.15) is 0 Å². The van der Waals surface area contributed by atoms with Crippen LogP contribution in [0.15, 0.2) is 50.9 Å². The highest BCUT2D eigenvalue weighted by molar-refractivity contribution is 9.10. The minimum atomic E-state index is -0.409. The van der Waals surface area contributed by atoms with Crippen molar-refractivity contribution < 1.29 is 4.39 Å². The average molecular weight is 319 g/mol. The number of benzene rings is 1. The third-order valence-electron chi connectivity index (χ3n) is 1.82. The fourth-order valence-electron chi connectivity index (χ4n) is 1.11. The maximum atomic E-state index is 13.5. The molecule has 0 radical (unpaired) electrons. The van der Waals surface area contributed by atoms with Gasteiger partial charge in [0.1, 0.15) is 5.03 Å². The zero-order chi connectivity index (χ0) is 11.5. The molecule has 1 aromatic carbocycles. The van der Waals surface area contributed by atoms with Crippen LogP contribution in [-0.4, -0.2) is 4.98 Å². The van der Waals surface area contributed by atoms with Crippen molar-refractivity contribution in [3.05, 3.63) is 51.8 Å². The minimum absolute atomic E-state index is 0.300. The first-order chi connectivity index (χ1) is 7.66. The third kappa shape index (κ3) is 2.75. The Kier molecular flexibility index (Phi) is 3.84. The van der Waals surface area contributed by atoms with Crippen LogP contribution in [0, 0.1) is 5.82 Å². The Morgan fingerprint density at radius 3 is 2.75 bits per heavy atom. The molecule has 1 heterocycles. The van der Waals surface area contributed by atoms with Gasteiger partial charge in [-0.15, -0.1) is 0 Å². The van der Waals surface area contributed by atoms with Gasteiger partial charge in [-0.1, -0.05) is 35.5 Å². The van der Waals surface area contributed by atoms with E-state index in [2.05, 4.69) is 20.9 Å². The van der Waals surface area contributed by atoms with Crippen molar-refractivity contribution in [1.82, 2.24) is 4.98 Å². The molecular weight excluding hydrogens is 313 g/mol. The molecule has 0 spiro atoms. The lowest BCUT2D eigenvalue weighted by molar-refractivity contribution is 0.588. The number of hydrogen-bond acceptors (Lipinski definition) is 2. The largest absolute Gasteiger partial charge is 0.245 e. The fraction of sp³-hybridized carbons (Fsp3) is 0. The summed E-state index contributed by atoms with van der Waals surface area (Å²) in [6.07, 6.45) is 1.43. The van der Waals surface area contributed by atoms with Crippen LogP contribution in [0.5, 0.6) is 0 Å². The Labute approximate surface area is 110 Å². The highest BCUT2D eigenvalue weighted by Crippen LogP contribution is 2.33. The maximum absolute atomic E-state index is 13.5. The number of pyridine rings is 1. The Hall–Kier alpha value is -0.580.